The average Bonchev–Trinajstić information content (AvgIpc) is 2.37. The van der Waals surface area contributed by atoms with Crippen molar-refractivity contribution < 1.29 is 9.47 Å². The van der Waals surface area contributed by atoms with Crippen LogP contribution in [0, 0.1) is 0 Å². The summed E-state index contributed by atoms with van der Waals surface area (Å²) >= 11 is 0. The van der Waals surface area contributed by atoms with Crippen molar-refractivity contribution in [2.45, 2.75) is 6.42 Å². The fraction of sp³-hybridized carbons (Fsp3) is 0.700. The lowest BCUT2D eigenvalue weighted by Crippen LogP contribution is -2.37. The number of nitrogens with two attached hydrogens (primary N) is 1. The van der Waals surface area contributed by atoms with Crippen LogP contribution in [-0.2, 0) is 15.9 Å². The van der Waals surface area contributed by atoms with Crippen LogP contribution in [-0.4, -0.2) is 55.0 Å². The van der Waals surface area contributed by atoms with Gasteiger partial charge in [-0.2, -0.15) is 15.0 Å². The van der Waals surface area contributed by atoms with Gasteiger partial charge in [0.15, 0.2) is 0 Å². The molecule has 1 aromatic heterocycles. The summed E-state index contributed by atoms with van der Waals surface area (Å²) in [6, 6.07) is 0. The van der Waals surface area contributed by atoms with Crippen molar-refractivity contribution in [3.05, 3.63) is 5.82 Å². The zero-order chi connectivity index (χ0) is 12.1. The molecule has 1 fully saturated rings. The zero-order valence-corrected chi connectivity index (χ0v) is 9.93. The quantitative estimate of drug-likeness (QED) is 0.756. The predicted octanol–water partition coefficient (Wildman–Crippen LogP) is -0.521. The van der Waals surface area contributed by atoms with Crippen LogP contribution >= 0.6 is 0 Å². The largest absolute Gasteiger partial charge is 0.384 e. The van der Waals surface area contributed by atoms with E-state index in [4.69, 9.17) is 15.2 Å². The van der Waals surface area contributed by atoms with Crippen LogP contribution < -0.4 is 10.6 Å². The summed E-state index contributed by atoms with van der Waals surface area (Å²) in [6.45, 7) is 3.53. The highest BCUT2D eigenvalue weighted by Gasteiger charge is 2.15. The van der Waals surface area contributed by atoms with Crippen molar-refractivity contribution in [3.8, 4) is 0 Å². The van der Waals surface area contributed by atoms with Gasteiger partial charge in [0.25, 0.3) is 0 Å². The lowest BCUT2D eigenvalue weighted by atomic mass is 10.4. The van der Waals surface area contributed by atoms with Crippen molar-refractivity contribution in [1.29, 1.82) is 0 Å². The maximum absolute atomic E-state index is 5.68. The number of rotatable bonds is 4. The molecule has 2 heterocycles. The van der Waals surface area contributed by atoms with E-state index in [-0.39, 0.29) is 5.95 Å². The first-order chi connectivity index (χ1) is 8.29. The van der Waals surface area contributed by atoms with Gasteiger partial charge in [0.1, 0.15) is 5.82 Å². The third-order valence-electron chi connectivity index (χ3n) is 2.51. The normalized spacial score (nSPS) is 16.2. The summed E-state index contributed by atoms with van der Waals surface area (Å²) < 4.78 is 10.3. The van der Waals surface area contributed by atoms with Gasteiger partial charge in [-0.15, -0.1) is 0 Å². The Balaban J connectivity index is 2.12. The minimum Gasteiger partial charge on any atom is -0.384 e. The van der Waals surface area contributed by atoms with E-state index in [9.17, 15) is 0 Å². The minimum atomic E-state index is 0.257. The van der Waals surface area contributed by atoms with E-state index in [2.05, 4.69) is 19.9 Å². The first-order valence-electron chi connectivity index (χ1n) is 5.61. The van der Waals surface area contributed by atoms with Crippen LogP contribution in [0.3, 0.4) is 0 Å². The van der Waals surface area contributed by atoms with Gasteiger partial charge in [-0.3, -0.25) is 0 Å². The topological polar surface area (TPSA) is 86.4 Å². The number of morpholine rings is 1. The van der Waals surface area contributed by atoms with Gasteiger partial charge in [0.2, 0.25) is 11.9 Å². The molecule has 0 saturated carbocycles. The van der Waals surface area contributed by atoms with Crippen molar-refractivity contribution in [1.82, 2.24) is 15.0 Å². The molecule has 7 nitrogen and oxygen atoms in total. The average molecular weight is 239 g/mol. The number of ether oxygens (including phenoxy) is 2. The number of hydrogen-bond donors (Lipinski definition) is 1. The minimum absolute atomic E-state index is 0.257. The third kappa shape index (κ3) is 3.24. The molecule has 0 radical (unpaired) electrons. The Morgan fingerprint density at radius 3 is 2.76 bits per heavy atom. The molecule has 0 aliphatic carbocycles. The summed E-state index contributed by atoms with van der Waals surface area (Å²) in [5.74, 6) is 1.56. The molecule has 1 aromatic rings. The lowest BCUT2D eigenvalue weighted by Gasteiger charge is -2.26. The summed E-state index contributed by atoms with van der Waals surface area (Å²) in [7, 11) is 1.65. The number of hydrogen-bond acceptors (Lipinski definition) is 7. The Morgan fingerprint density at radius 1 is 1.29 bits per heavy atom. The molecular formula is C10H17N5O2. The van der Waals surface area contributed by atoms with Gasteiger partial charge in [0, 0.05) is 26.6 Å². The second kappa shape index (κ2) is 5.74. The Bertz CT molecular complexity index is 368. The van der Waals surface area contributed by atoms with Gasteiger partial charge < -0.3 is 20.1 Å². The second-order valence-electron chi connectivity index (χ2n) is 3.75. The molecule has 7 heteroatoms. The monoisotopic (exact) mass is 239 g/mol. The van der Waals surface area contributed by atoms with Crippen molar-refractivity contribution in [2.75, 3.05) is 50.7 Å². The molecule has 94 valence electrons. The van der Waals surface area contributed by atoms with E-state index >= 15 is 0 Å². The van der Waals surface area contributed by atoms with Crippen molar-refractivity contribution in [3.63, 3.8) is 0 Å². The van der Waals surface area contributed by atoms with E-state index in [1.54, 1.807) is 7.11 Å². The molecule has 0 bridgehead atoms. The maximum Gasteiger partial charge on any atom is 0.230 e. The Labute approximate surface area is 100.0 Å². The molecule has 0 aromatic carbocycles. The van der Waals surface area contributed by atoms with Crippen molar-refractivity contribution in [2.24, 2.45) is 0 Å². The highest BCUT2D eigenvalue weighted by molar-refractivity contribution is 5.35. The molecule has 17 heavy (non-hydrogen) atoms. The van der Waals surface area contributed by atoms with Crippen LogP contribution in [0.4, 0.5) is 11.9 Å². The van der Waals surface area contributed by atoms with Crippen LogP contribution in [0.15, 0.2) is 0 Å². The number of nitrogen functional groups attached to an aromatic ring is 1. The van der Waals surface area contributed by atoms with E-state index in [1.165, 1.54) is 0 Å². The molecule has 0 spiro atoms. The molecular weight excluding hydrogens is 222 g/mol. The van der Waals surface area contributed by atoms with E-state index < -0.39 is 0 Å². The number of nitrogens with zero attached hydrogens (tertiary/aromatic N) is 4. The van der Waals surface area contributed by atoms with E-state index in [1.807, 2.05) is 0 Å². The molecule has 0 unspecified atom stereocenters. The van der Waals surface area contributed by atoms with Gasteiger partial charge in [-0.25, -0.2) is 0 Å². The van der Waals surface area contributed by atoms with Gasteiger partial charge in [-0.05, 0) is 0 Å². The molecule has 2 N–H and O–H groups in total. The second-order valence-corrected chi connectivity index (χ2v) is 3.75. The fourth-order valence-corrected chi connectivity index (χ4v) is 1.64. The van der Waals surface area contributed by atoms with Crippen LogP contribution in [0.5, 0.6) is 0 Å². The summed E-state index contributed by atoms with van der Waals surface area (Å²) in [5, 5.41) is 0. The Hall–Kier alpha value is -1.47. The lowest BCUT2D eigenvalue weighted by molar-refractivity contribution is 0.122. The SMILES string of the molecule is COCCc1nc(N)nc(N2CCOCC2)n1. The maximum atomic E-state index is 5.68. The zero-order valence-electron chi connectivity index (χ0n) is 9.93. The van der Waals surface area contributed by atoms with Gasteiger partial charge in [0.05, 0.1) is 19.8 Å². The Kier molecular flexibility index (Phi) is 4.05. The van der Waals surface area contributed by atoms with Crippen molar-refractivity contribution >= 4 is 11.9 Å². The first-order valence-corrected chi connectivity index (χ1v) is 5.61. The van der Waals surface area contributed by atoms with E-state index in [0.29, 0.717) is 38.0 Å². The predicted molar refractivity (Wildman–Crippen MR) is 62.9 cm³/mol. The number of aromatic nitrogens is 3. The number of anilines is 2. The molecule has 0 amide bonds. The van der Waals surface area contributed by atoms with Gasteiger partial charge >= 0.3 is 0 Å². The summed E-state index contributed by atoms with van der Waals surface area (Å²) in [6.07, 6.45) is 0.639. The summed E-state index contributed by atoms with van der Waals surface area (Å²) in [4.78, 5) is 14.7. The first kappa shape index (κ1) is 12.0. The molecule has 1 saturated heterocycles. The van der Waals surface area contributed by atoms with E-state index in [0.717, 1.165) is 13.1 Å². The van der Waals surface area contributed by atoms with Crippen LogP contribution in [0.1, 0.15) is 5.82 Å². The number of methoxy groups -OCH3 is 1. The van der Waals surface area contributed by atoms with Gasteiger partial charge in [-0.1, -0.05) is 0 Å². The van der Waals surface area contributed by atoms with Crippen LogP contribution in [0.2, 0.25) is 0 Å². The van der Waals surface area contributed by atoms with Crippen LogP contribution in [0.25, 0.3) is 0 Å². The highest BCUT2D eigenvalue weighted by atomic mass is 16.5. The summed E-state index contributed by atoms with van der Waals surface area (Å²) in [5.41, 5.74) is 5.68. The fourth-order valence-electron chi connectivity index (χ4n) is 1.64. The smallest absolute Gasteiger partial charge is 0.230 e. The molecule has 1 aliphatic rings. The highest BCUT2D eigenvalue weighted by Crippen LogP contribution is 2.11. The molecule has 2 rings (SSSR count). The third-order valence-corrected chi connectivity index (χ3v) is 2.51. The standard InChI is InChI=1S/C10H17N5O2/c1-16-5-2-8-12-9(11)14-10(13-8)15-3-6-17-7-4-15/h2-7H2,1H3,(H2,11,12,13,14). The molecule has 1 aliphatic heterocycles. The molecule has 0 atom stereocenters. The Morgan fingerprint density at radius 2 is 2.06 bits per heavy atom.